The predicted molar refractivity (Wildman–Crippen MR) is 9.63 cm³/mol. The molecule has 0 aromatic carbocycles. The van der Waals surface area contributed by atoms with E-state index in [0.29, 0.717) is 0 Å². The molecule has 0 atom stereocenters. The van der Waals surface area contributed by atoms with E-state index in [1.54, 1.807) is 0 Å². The van der Waals surface area contributed by atoms with Crippen molar-refractivity contribution in [3.8, 4) is 0 Å². The summed E-state index contributed by atoms with van der Waals surface area (Å²) in [5, 5.41) is 0. The fraction of sp³-hybridized carbons (Fsp3) is 0. The van der Waals surface area contributed by atoms with Crippen molar-refractivity contribution in [3.63, 3.8) is 0 Å². The minimum Gasteiger partial charge on any atom is -0.870 e. The predicted octanol–water partition coefficient (Wildman–Crippen LogP) is -3.73. The van der Waals surface area contributed by atoms with E-state index in [1.165, 1.54) is 0 Å². The molecule has 2 nitrogen and oxygen atoms in total. The molecule has 4 heavy (non-hydrogen) atoms. The molecule has 0 unspecified atom stereocenters. The molecule has 4 heteroatoms. The van der Waals surface area contributed by atoms with E-state index >= 15 is 0 Å². The second-order valence-electron chi connectivity index (χ2n) is 0. The normalized spacial score (nSPS) is 0. The van der Waals surface area contributed by atoms with E-state index in [1.807, 2.05) is 0 Å². The average molecular weight is 178 g/mol. The van der Waals surface area contributed by atoms with Gasteiger partial charge in [0.05, 0.1) is 0 Å². The van der Waals surface area contributed by atoms with Gasteiger partial charge in [0.2, 0.25) is 0 Å². The van der Waals surface area contributed by atoms with E-state index in [0.717, 1.165) is 0 Å². The Morgan fingerprint density at radius 3 is 0.750 bits per heavy atom. The third-order valence-electron chi connectivity index (χ3n) is 0. The maximum atomic E-state index is 0. The fourth-order valence-electron chi connectivity index (χ4n) is 0. The first-order valence-corrected chi connectivity index (χ1v) is 0. The van der Waals surface area contributed by atoms with Crippen LogP contribution in [0.1, 0.15) is 0 Å². The Morgan fingerprint density at radius 2 is 0.750 bits per heavy atom. The standard InChI is InChI=1S/Ba.Li.2H2O/h;;2*1H2/q+2;+1;;/p-2. The van der Waals surface area contributed by atoms with Crippen molar-refractivity contribution < 1.29 is 29.8 Å². The van der Waals surface area contributed by atoms with Crippen LogP contribution < -0.4 is 18.9 Å². The van der Waals surface area contributed by atoms with Crippen molar-refractivity contribution in [3.05, 3.63) is 0 Å². The zero-order valence-electron chi connectivity index (χ0n) is 2.60. The second-order valence-corrected chi connectivity index (χ2v) is 0. The number of hydrogen-bond acceptors (Lipinski definition) is 2. The van der Waals surface area contributed by atoms with Gasteiger partial charge < -0.3 is 11.0 Å². The van der Waals surface area contributed by atoms with Gasteiger partial charge in [-0.2, -0.15) is 0 Å². The molecule has 0 aromatic rings. The van der Waals surface area contributed by atoms with Crippen LogP contribution >= 0.6 is 0 Å². The Balaban J connectivity index is 0. The summed E-state index contributed by atoms with van der Waals surface area (Å²) in [4.78, 5) is 0. The zero-order chi connectivity index (χ0) is 0. The Kier molecular flexibility index (Phi) is 176. The van der Waals surface area contributed by atoms with Gasteiger partial charge in [0.15, 0.2) is 0 Å². The van der Waals surface area contributed by atoms with Crippen LogP contribution in [-0.4, -0.2) is 59.8 Å². The summed E-state index contributed by atoms with van der Waals surface area (Å²) >= 11 is 0. The third-order valence-corrected chi connectivity index (χ3v) is 0. The first kappa shape index (κ1) is 36.1. The van der Waals surface area contributed by atoms with E-state index in [4.69, 9.17) is 0 Å². The maximum Gasteiger partial charge on any atom is 2.00 e. The molecule has 16 valence electrons. The number of hydrogen-bond donors (Lipinski definition) is 0. The molecule has 0 saturated carbocycles. The van der Waals surface area contributed by atoms with Gasteiger partial charge in [-0.1, -0.05) is 0 Å². The summed E-state index contributed by atoms with van der Waals surface area (Å²) in [6.45, 7) is 0. The molecular formula is H2BaLiO2+. The van der Waals surface area contributed by atoms with Crippen LogP contribution in [0, 0.1) is 0 Å². The summed E-state index contributed by atoms with van der Waals surface area (Å²) in [5.41, 5.74) is 0. The molecule has 0 aliphatic carbocycles. The smallest absolute Gasteiger partial charge is 0.870 e. The van der Waals surface area contributed by atoms with E-state index in [2.05, 4.69) is 0 Å². The molecule has 0 radical (unpaired) electrons. The average Bonchev–Trinajstić information content (AvgIpc) is 0. The van der Waals surface area contributed by atoms with Crippen LogP contribution in [-0.2, 0) is 0 Å². The first-order chi connectivity index (χ1) is 0. The molecule has 0 bridgehead atoms. The van der Waals surface area contributed by atoms with Gasteiger partial charge in [0.25, 0.3) is 0 Å². The molecule has 0 spiro atoms. The Hall–Kier alpha value is 2.09. The van der Waals surface area contributed by atoms with Crippen molar-refractivity contribution in [2.24, 2.45) is 0 Å². The monoisotopic (exact) mass is 179 g/mol. The molecule has 2 N–H and O–H groups in total. The van der Waals surface area contributed by atoms with Crippen molar-refractivity contribution in [2.45, 2.75) is 0 Å². The molecule has 0 aliphatic heterocycles. The Labute approximate surface area is 77.2 Å². The summed E-state index contributed by atoms with van der Waals surface area (Å²) in [6.07, 6.45) is 0. The minimum atomic E-state index is 0. The van der Waals surface area contributed by atoms with Gasteiger partial charge in [-0.3, -0.25) is 0 Å². The van der Waals surface area contributed by atoms with Crippen LogP contribution in [0.4, 0.5) is 0 Å². The SMILES string of the molecule is [Ba+2].[Li+].[OH-].[OH-]. The van der Waals surface area contributed by atoms with Crippen molar-refractivity contribution in [1.29, 1.82) is 0 Å². The van der Waals surface area contributed by atoms with Gasteiger partial charge >= 0.3 is 67.7 Å². The molecule has 0 aromatic heterocycles. The molecule has 0 heterocycles. The second kappa shape index (κ2) is 19.5. The van der Waals surface area contributed by atoms with Gasteiger partial charge in [-0.15, -0.1) is 0 Å². The van der Waals surface area contributed by atoms with Crippen molar-refractivity contribution in [1.82, 2.24) is 0 Å². The van der Waals surface area contributed by atoms with Crippen LogP contribution in [0.3, 0.4) is 0 Å². The van der Waals surface area contributed by atoms with Gasteiger partial charge in [0, 0.05) is 0 Å². The molecule has 0 aliphatic rings. The number of rotatable bonds is 0. The summed E-state index contributed by atoms with van der Waals surface area (Å²) in [5.74, 6) is 0. The van der Waals surface area contributed by atoms with Crippen molar-refractivity contribution in [2.75, 3.05) is 0 Å². The van der Waals surface area contributed by atoms with E-state index in [9.17, 15) is 0 Å². The van der Waals surface area contributed by atoms with Gasteiger partial charge in [0.1, 0.15) is 0 Å². The fourth-order valence-corrected chi connectivity index (χ4v) is 0. The molecule has 0 saturated heterocycles. The molecule has 0 rings (SSSR count). The maximum absolute atomic E-state index is 0. The zero-order valence-corrected chi connectivity index (χ0v) is 7.04. The quantitative estimate of drug-likeness (QED) is 0.358. The summed E-state index contributed by atoms with van der Waals surface area (Å²) in [6, 6.07) is 0. The van der Waals surface area contributed by atoms with E-state index in [-0.39, 0.29) is 78.7 Å². The topological polar surface area (TPSA) is 60.0 Å². The Bertz CT molecular complexity index is 6.00. The molecular weight excluding hydrogens is 176 g/mol. The largest absolute Gasteiger partial charge is 2.00 e. The van der Waals surface area contributed by atoms with Gasteiger partial charge in [-0.05, 0) is 0 Å². The van der Waals surface area contributed by atoms with E-state index < -0.39 is 0 Å². The van der Waals surface area contributed by atoms with Gasteiger partial charge in [-0.25, -0.2) is 0 Å². The van der Waals surface area contributed by atoms with Crippen LogP contribution in [0.5, 0.6) is 0 Å². The van der Waals surface area contributed by atoms with Crippen LogP contribution in [0.2, 0.25) is 0 Å². The van der Waals surface area contributed by atoms with Crippen molar-refractivity contribution >= 4 is 48.9 Å². The minimum absolute atomic E-state index is 0. The third kappa shape index (κ3) is 8.94. The molecule has 0 amide bonds. The van der Waals surface area contributed by atoms with Crippen LogP contribution in [0.25, 0.3) is 0 Å². The molecule has 0 fully saturated rings. The summed E-state index contributed by atoms with van der Waals surface area (Å²) < 4.78 is 0. The first-order valence-electron chi connectivity index (χ1n) is 0. The van der Waals surface area contributed by atoms with Crippen LogP contribution in [0.15, 0.2) is 0 Å². The summed E-state index contributed by atoms with van der Waals surface area (Å²) in [7, 11) is 0. The Morgan fingerprint density at radius 1 is 0.750 bits per heavy atom.